The predicted octanol–water partition coefficient (Wildman–Crippen LogP) is 0.550. The van der Waals surface area contributed by atoms with Gasteiger partial charge in [0, 0.05) is 31.8 Å². The van der Waals surface area contributed by atoms with Crippen LogP contribution in [0.15, 0.2) is 0 Å². The summed E-state index contributed by atoms with van der Waals surface area (Å²) in [5.41, 5.74) is 0.0160. The minimum absolute atomic E-state index is 0.0160. The molecule has 1 unspecified atom stereocenters. The third-order valence-electron chi connectivity index (χ3n) is 3.46. The highest BCUT2D eigenvalue weighted by atomic mass is 16.5. The van der Waals surface area contributed by atoms with E-state index in [1.54, 1.807) is 7.11 Å². The lowest BCUT2D eigenvalue weighted by molar-refractivity contribution is -0.139. The number of hydrogen-bond donors (Lipinski definition) is 2. The van der Waals surface area contributed by atoms with Crippen molar-refractivity contribution in [1.82, 2.24) is 10.2 Å². The highest BCUT2D eigenvalue weighted by molar-refractivity contribution is 5.67. The summed E-state index contributed by atoms with van der Waals surface area (Å²) in [7, 11) is 1.68. The maximum atomic E-state index is 10.9. The predicted molar refractivity (Wildman–Crippen MR) is 66.2 cm³/mol. The third-order valence-corrected chi connectivity index (χ3v) is 3.46. The molecule has 0 aromatic heterocycles. The number of aliphatic carboxylic acids is 1. The van der Waals surface area contributed by atoms with Crippen LogP contribution < -0.4 is 5.32 Å². The Hall–Kier alpha value is -0.650. The molecular weight excluding hydrogens is 220 g/mol. The Balaban J connectivity index is 2.76. The molecule has 1 fully saturated rings. The van der Waals surface area contributed by atoms with Crippen LogP contribution in [0, 0.1) is 0 Å². The summed E-state index contributed by atoms with van der Waals surface area (Å²) in [6, 6.07) is 0.0418. The molecule has 100 valence electrons. The molecule has 0 radical (unpaired) electrons. The van der Waals surface area contributed by atoms with E-state index in [0.29, 0.717) is 6.61 Å². The Bertz CT molecular complexity index is 256. The van der Waals surface area contributed by atoms with Crippen molar-refractivity contribution in [2.24, 2.45) is 0 Å². The largest absolute Gasteiger partial charge is 0.481 e. The minimum atomic E-state index is -0.739. The van der Waals surface area contributed by atoms with Gasteiger partial charge in [-0.05, 0) is 26.8 Å². The number of carbonyl (C=O) groups is 1. The maximum Gasteiger partial charge on any atom is 0.304 e. The number of ether oxygens (including phenoxy) is 1. The van der Waals surface area contributed by atoms with Gasteiger partial charge in [0.05, 0.1) is 13.0 Å². The monoisotopic (exact) mass is 244 g/mol. The third kappa shape index (κ3) is 4.26. The van der Waals surface area contributed by atoms with Gasteiger partial charge in [-0.3, -0.25) is 9.69 Å². The summed E-state index contributed by atoms with van der Waals surface area (Å²) in [6.45, 7) is 7.43. The molecule has 1 atom stereocenters. The number of nitrogens with one attached hydrogen (secondary N) is 1. The fourth-order valence-corrected chi connectivity index (χ4v) is 2.47. The molecule has 1 aliphatic heterocycles. The minimum Gasteiger partial charge on any atom is -0.481 e. The van der Waals surface area contributed by atoms with Gasteiger partial charge in [-0.15, -0.1) is 0 Å². The molecule has 1 aliphatic rings. The van der Waals surface area contributed by atoms with Crippen LogP contribution in [0.1, 0.15) is 26.7 Å². The number of rotatable bonds is 5. The SMILES string of the molecule is COCCN1C(CC(=O)O)CNCCC1(C)C. The first-order chi connectivity index (χ1) is 7.97. The molecule has 0 spiro atoms. The highest BCUT2D eigenvalue weighted by Gasteiger charge is 2.34. The summed E-state index contributed by atoms with van der Waals surface area (Å²) < 4.78 is 5.12. The normalized spacial score (nSPS) is 25.5. The van der Waals surface area contributed by atoms with Crippen molar-refractivity contribution >= 4 is 5.97 Å². The van der Waals surface area contributed by atoms with Gasteiger partial charge in [0.15, 0.2) is 0 Å². The summed E-state index contributed by atoms with van der Waals surface area (Å²) in [6.07, 6.45) is 1.20. The Morgan fingerprint density at radius 1 is 1.59 bits per heavy atom. The second-order valence-corrected chi connectivity index (χ2v) is 5.20. The maximum absolute atomic E-state index is 10.9. The quantitative estimate of drug-likeness (QED) is 0.739. The molecule has 1 rings (SSSR count). The summed E-state index contributed by atoms with van der Waals surface area (Å²) in [5, 5.41) is 12.3. The standard InChI is InChI=1S/C12H24N2O3/c1-12(2)4-5-13-9-10(8-11(15)16)14(12)6-7-17-3/h10,13H,4-9H2,1-3H3,(H,15,16). The molecule has 5 nitrogen and oxygen atoms in total. The number of methoxy groups -OCH3 is 1. The van der Waals surface area contributed by atoms with Gasteiger partial charge >= 0.3 is 5.97 Å². The number of carboxylic acid groups (broad SMARTS) is 1. The van der Waals surface area contributed by atoms with E-state index < -0.39 is 5.97 Å². The second kappa shape index (κ2) is 6.33. The Labute approximate surface area is 103 Å². The van der Waals surface area contributed by atoms with E-state index in [2.05, 4.69) is 24.1 Å². The first-order valence-electron chi connectivity index (χ1n) is 6.15. The first kappa shape index (κ1) is 14.4. The molecule has 2 N–H and O–H groups in total. The van der Waals surface area contributed by atoms with Crippen molar-refractivity contribution in [3.63, 3.8) is 0 Å². The van der Waals surface area contributed by atoms with E-state index in [4.69, 9.17) is 9.84 Å². The number of nitrogens with zero attached hydrogens (tertiary/aromatic N) is 1. The van der Waals surface area contributed by atoms with E-state index in [-0.39, 0.29) is 18.0 Å². The molecule has 0 aromatic carbocycles. The van der Waals surface area contributed by atoms with Gasteiger partial charge in [0.1, 0.15) is 0 Å². The molecule has 0 aromatic rings. The molecule has 17 heavy (non-hydrogen) atoms. The fourth-order valence-electron chi connectivity index (χ4n) is 2.47. The number of hydrogen-bond acceptors (Lipinski definition) is 4. The average Bonchev–Trinajstić information content (AvgIpc) is 2.35. The molecule has 5 heteroatoms. The highest BCUT2D eigenvalue weighted by Crippen LogP contribution is 2.24. The molecule has 0 saturated carbocycles. The lowest BCUT2D eigenvalue weighted by atomic mass is 9.96. The van der Waals surface area contributed by atoms with Gasteiger partial charge in [0.2, 0.25) is 0 Å². The van der Waals surface area contributed by atoms with Crippen LogP contribution in [0.4, 0.5) is 0 Å². The Kier molecular flexibility index (Phi) is 5.36. The van der Waals surface area contributed by atoms with Crippen LogP contribution >= 0.6 is 0 Å². The zero-order valence-electron chi connectivity index (χ0n) is 11.0. The lowest BCUT2D eigenvalue weighted by Gasteiger charge is -2.41. The Morgan fingerprint density at radius 2 is 2.29 bits per heavy atom. The molecule has 0 bridgehead atoms. The van der Waals surface area contributed by atoms with Crippen LogP contribution in [0.5, 0.6) is 0 Å². The van der Waals surface area contributed by atoms with Crippen molar-refractivity contribution in [2.45, 2.75) is 38.3 Å². The zero-order valence-corrected chi connectivity index (χ0v) is 11.0. The van der Waals surface area contributed by atoms with Crippen molar-refractivity contribution in [3.8, 4) is 0 Å². The molecule has 0 aliphatic carbocycles. The van der Waals surface area contributed by atoms with Crippen LogP contribution in [0.3, 0.4) is 0 Å². The van der Waals surface area contributed by atoms with Gasteiger partial charge in [-0.1, -0.05) is 0 Å². The summed E-state index contributed by atoms with van der Waals surface area (Å²) >= 11 is 0. The Morgan fingerprint density at radius 3 is 2.88 bits per heavy atom. The molecule has 1 heterocycles. The van der Waals surface area contributed by atoms with Gasteiger partial charge in [0.25, 0.3) is 0 Å². The van der Waals surface area contributed by atoms with Gasteiger partial charge in [-0.2, -0.15) is 0 Å². The lowest BCUT2D eigenvalue weighted by Crippen LogP contribution is -2.52. The zero-order chi connectivity index (χ0) is 12.9. The molecule has 0 amide bonds. The van der Waals surface area contributed by atoms with Crippen LogP contribution in [-0.4, -0.2) is 60.9 Å². The van der Waals surface area contributed by atoms with Gasteiger partial charge < -0.3 is 15.2 Å². The average molecular weight is 244 g/mol. The van der Waals surface area contributed by atoms with Crippen molar-refractivity contribution in [3.05, 3.63) is 0 Å². The number of carboxylic acids is 1. The van der Waals surface area contributed by atoms with Crippen LogP contribution in [-0.2, 0) is 9.53 Å². The first-order valence-corrected chi connectivity index (χ1v) is 6.15. The van der Waals surface area contributed by atoms with Crippen molar-refractivity contribution in [2.75, 3.05) is 33.4 Å². The summed E-state index contributed by atoms with van der Waals surface area (Å²) in [5.74, 6) is -0.739. The van der Waals surface area contributed by atoms with Crippen molar-refractivity contribution < 1.29 is 14.6 Å². The van der Waals surface area contributed by atoms with Crippen LogP contribution in [0.25, 0.3) is 0 Å². The smallest absolute Gasteiger partial charge is 0.304 e. The summed E-state index contributed by atoms with van der Waals surface area (Å²) in [4.78, 5) is 13.2. The van der Waals surface area contributed by atoms with Crippen molar-refractivity contribution in [1.29, 1.82) is 0 Å². The van der Waals surface area contributed by atoms with Gasteiger partial charge in [-0.25, -0.2) is 0 Å². The topological polar surface area (TPSA) is 61.8 Å². The van der Waals surface area contributed by atoms with E-state index in [1.165, 1.54) is 0 Å². The van der Waals surface area contributed by atoms with E-state index >= 15 is 0 Å². The van der Waals surface area contributed by atoms with E-state index in [9.17, 15) is 4.79 Å². The van der Waals surface area contributed by atoms with E-state index in [0.717, 1.165) is 26.1 Å². The fraction of sp³-hybridized carbons (Fsp3) is 0.917. The molecular formula is C12H24N2O3. The van der Waals surface area contributed by atoms with E-state index in [1.807, 2.05) is 0 Å². The van der Waals surface area contributed by atoms with Crippen LogP contribution in [0.2, 0.25) is 0 Å². The molecule has 1 saturated heterocycles. The second-order valence-electron chi connectivity index (χ2n) is 5.20.